The average molecular weight is 1740 g/mol. The number of hydrogen-bond donors (Lipinski definition) is 23. The molecule has 0 aromatic heterocycles. The number of esters is 1. The van der Waals surface area contributed by atoms with Crippen molar-refractivity contribution in [1.29, 1.82) is 0 Å². The van der Waals surface area contributed by atoms with Crippen LogP contribution in [0.2, 0.25) is 0 Å². The molecule has 33 rings (SSSR count). The van der Waals surface area contributed by atoms with Gasteiger partial charge in [-0.2, -0.15) is 13.1 Å². The second-order valence-electron chi connectivity index (χ2n) is 29.7. The molecular formula is C69H100N2O45S2. The highest BCUT2D eigenvalue weighted by Crippen LogP contribution is 2.41. The number of ether oxygens (including phenoxy) is 17. The van der Waals surface area contributed by atoms with Crippen LogP contribution in [0.1, 0.15) is 5.56 Å². The summed E-state index contributed by atoms with van der Waals surface area (Å²) in [5.74, 6) is -1.35. The van der Waals surface area contributed by atoms with Gasteiger partial charge in [-0.25, -0.2) is 8.42 Å². The minimum Gasteiger partial charge on any atom is -0.462 e. The predicted octanol–water partition coefficient (Wildman–Crippen LogP) is -13.9. The molecule has 0 aliphatic carbocycles. The van der Waals surface area contributed by atoms with Crippen LogP contribution in [0.25, 0.3) is 10.8 Å². The van der Waals surface area contributed by atoms with E-state index in [0.29, 0.717) is 16.6 Å². The predicted molar refractivity (Wildman–Crippen MR) is 376 cm³/mol. The summed E-state index contributed by atoms with van der Waals surface area (Å²) in [7, 11) is -5.90. The van der Waals surface area contributed by atoms with Crippen LogP contribution >= 0.6 is 0 Å². The van der Waals surface area contributed by atoms with E-state index in [0.717, 1.165) is 12.1 Å². The molecule has 3 aromatic carbocycles. The van der Waals surface area contributed by atoms with E-state index >= 15 is 0 Å². The zero-order valence-electron chi connectivity index (χ0n) is 62.7. The summed E-state index contributed by atoms with van der Waals surface area (Å²) in [6.45, 7) is -8.88. The van der Waals surface area contributed by atoms with Crippen LogP contribution in [0, 0.1) is 6.92 Å². The van der Waals surface area contributed by atoms with E-state index in [1.165, 1.54) is 30.3 Å². The van der Waals surface area contributed by atoms with Crippen molar-refractivity contribution in [3.63, 3.8) is 0 Å². The van der Waals surface area contributed by atoms with Gasteiger partial charge in [0.25, 0.3) is 10.1 Å². The molecule has 0 saturated carbocycles. The van der Waals surface area contributed by atoms with Crippen molar-refractivity contribution >= 4 is 42.6 Å². The van der Waals surface area contributed by atoms with Gasteiger partial charge in [-0.05, 0) is 31.2 Å². The van der Waals surface area contributed by atoms with Crippen molar-refractivity contribution < 1.29 is 219 Å². The van der Waals surface area contributed by atoms with Crippen LogP contribution < -0.4 is 9.62 Å². The zero-order chi connectivity index (χ0) is 85.6. The second kappa shape index (κ2) is 38.9. The number of hydrogen-bond acceptors (Lipinski definition) is 46. The number of aryl methyl sites for hydroxylation is 1. The number of sulfonamides is 1. The van der Waals surface area contributed by atoms with Gasteiger partial charge in [-0.1, -0.05) is 42.0 Å². The monoisotopic (exact) mass is 1740 g/mol. The van der Waals surface area contributed by atoms with Gasteiger partial charge < -0.3 is 198 Å². The number of nitrogens with zero attached hydrogens (tertiary/aromatic N) is 1. The SMILES string of the molecule is Cc1ccc(S(=O)(=O)OC[C@H]2O[C@@H]3O[C@H]4[C@H](O)[C@@H](O)[C@@H](O[C@H]5[C@H](O)[C@@H](O)[C@@H](O[C@H]6[C@H](O)[C@@H](O)[C@@H](O[C@H]7[C@H](O)[C@@H](O)[C@@H](O[C@H]8[C@H](O)[C@@H](O)[C@@H](O[C@H]9[C@H](O)[C@@H](O)[C@@H](O[C@H]%10[C@H](O)[C@@H](O)[C@@H](O[C@H]2[C@H](O)[C@H]3O)O[C@@H]%10CO)O[C@@H]9CO)O[C@@H]8CO)O[C@@H]7CO)O[C@@H]6COC(=O)CNS(=O)(=O)c2cccc3c(N(C)C)cccc23)O[C@@H]5CO)O[C@@H]4CO)cc1. The first-order valence-electron chi connectivity index (χ1n) is 37.3. The molecule has 30 fully saturated rings. The summed E-state index contributed by atoms with van der Waals surface area (Å²) in [6.07, 6.45) is -88.4. The number of fused-ring (bicyclic) bond motifs is 1. The number of benzene rings is 3. The molecule has 30 saturated heterocycles. The number of nitrogens with one attached hydrogen (secondary N) is 1. The topological polar surface area (TPSA) is 712 Å². The Hall–Kier alpha value is -4.51. The van der Waals surface area contributed by atoms with Gasteiger partial charge in [0.2, 0.25) is 10.0 Å². The van der Waals surface area contributed by atoms with Crippen LogP contribution in [0.5, 0.6) is 0 Å². The normalized spacial score (nSPS) is 44.5. The molecule has 30 heterocycles. The molecule has 49 heteroatoms. The van der Waals surface area contributed by atoms with Crippen molar-refractivity contribution in [3.05, 3.63) is 66.2 Å². The zero-order valence-corrected chi connectivity index (χ0v) is 64.4. The maximum absolute atomic E-state index is 13.9. The van der Waals surface area contributed by atoms with Crippen LogP contribution in [0.3, 0.4) is 0 Å². The van der Waals surface area contributed by atoms with Crippen LogP contribution in [0.4, 0.5) is 5.69 Å². The van der Waals surface area contributed by atoms with Gasteiger partial charge in [-0.15, -0.1) is 0 Å². The number of carbonyl (C=O) groups excluding carboxylic acids is 1. The molecule has 3 aromatic rings. The van der Waals surface area contributed by atoms with E-state index < -0.39 is 336 Å². The van der Waals surface area contributed by atoms with Gasteiger partial charge in [-0.3, -0.25) is 8.98 Å². The molecule has 0 amide bonds. The van der Waals surface area contributed by atoms with Gasteiger partial charge in [0.1, 0.15) is 208 Å². The molecular weight excluding hydrogens is 1640 g/mol. The smallest absolute Gasteiger partial charge is 0.321 e. The number of rotatable bonds is 17. The summed E-state index contributed by atoms with van der Waals surface area (Å²) in [4.78, 5) is 14.8. The maximum atomic E-state index is 13.9. The van der Waals surface area contributed by atoms with Crippen molar-refractivity contribution in [2.75, 3.05) is 78.4 Å². The fourth-order valence-corrected chi connectivity index (χ4v) is 17.3. The Balaban J connectivity index is 0.834. The largest absolute Gasteiger partial charge is 0.462 e. The van der Waals surface area contributed by atoms with E-state index in [-0.39, 0.29) is 10.3 Å². The fraction of sp³-hybridized carbons (Fsp3) is 0.754. The van der Waals surface area contributed by atoms with Gasteiger partial charge in [0.05, 0.1) is 56.0 Å². The Morgan fingerprint density at radius 3 is 0.898 bits per heavy atom. The summed E-state index contributed by atoms with van der Waals surface area (Å²) in [5, 5.41) is 253. The molecule has 16 bridgehead atoms. The number of aliphatic hydroxyl groups excluding tert-OH is 22. The van der Waals surface area contributed by atoms with Crippen LogP contribution in [-0.2, 0) is 110 Å². The summed E-state index contributed by atoms with van der Waals surface area (Å²) in [6, 6.07) is 14.4. The van der Waals surface area contributed by atoms with Gasteiger partial charge in [0, 0.05) is 30.6 Å². The lowest BCUT2D eigenvalue weighted by molar-refractivity contribution is -0.404. The Bertz CT molecular complexity index is 3990. The lowest BCUT2D eigenvalue weighted by Crippen LogP contribution is -2.69. The summed E-state index contributed by atoms with van der Waals surface area (Å²) >= 11 is 0. The highest BCUT2D eigenvalue weighted by molar-refractivity contribution is 7.89. The van der Waals surface area contributed by atoms with Gasteiger partial charge in [0.15, 0.2) is 50.3 Å². The van der Waals surface area contributed by atoms with Crippen LogP contribution in [-0.4, -0.2) is 454 Å². The molecule has 118 heavy (non-hydrogen) atoms. The number of anilines is 1. The minimum atomic E-state index is -4.80. The molecule has 47 nitrogen and oxygen atoms in total. The lowest BCUT2D eigenvalue weighted by atomic mass is 9.94. The maximum Gasteiger partial charge on any atom is 0.321 e. The third-order valence-corrected chi connectivity index (χ3v) is 24.4. The van der Waals surface area contributed by atoms with Crippen molar-refractivity contribution in [1.82, 2.24) is 4.72 Å². The average Bonchev–Trinajstić information content (AvgIpc) is 0.808. The molecule has 0 radical (unpaired) electrons. The Labute approximate surface area is 670 Å². The van der Waals surface area contributed by atoms with Crippen LogP contribution in [0.15, 0.2) is 70.5 Å². The van der Waals surface area contributed by atoms with E-state index in [4.69, 9.17) is 84.7 Å². The Kier molecular flexibility index (Phi) is 30.6. The first kappa shape index (κ1) is 92.7. The first-order valence-corrected chi connectivity index (χ1v) is 40.2. The molecule has 0 spiro atoms. The molecule has 30 aliphatic rings. The molecule has 668 valence electrons. The third-order valence-electron chi connectivity index (χ3n) is 21.7. The summed E-state index contributed by atoms with van der Waals surface area (Å²) in [5.41, 5.74) is 1.26. The number of aliphatic hydroxyl groups is 22. The molecule has 40 atom stereocenters. The quantitative estimate of drug-likeness (QED) is 0.0441. The summed E-state index contributed by atoms with van der Waals surface area (Å²) < 4.78 is 162. The fourth-order valence-electron chi connectivity index (χ4n) is 15.2. The highest BCUT2D eigenvalue weighted by Gasteiger charge is 2.61. The third kappa shape index (κ3) is 19.2. The van der Waals surface area contributed by atoms with E-state index in [1.54, 1.807) is 44.1 Å². The van der Waals surface area contributed by atoms with Crippen molar-refractivity contribution in [2.24, 2.45) is 0 Å². The van der Waals surface area contributed by atoms with Crippen molar-refractivity contribution in [3.8, 4) is 0 Å². The molecule has 30 aliphatic heterocycles. The van der Waals surface area contributed by atoms with E-state index in [9.17, 15) is 134 Å². The van der Waals surface area contributed by atoms with E-state index in [1.807, 2.05) is 0 Å². The number of carbonyl (C=O) groups is 1. The lowest BCUT2D eigenvalue weighted by Gasteiger charge is -2.50. The minimum absolute atomic E-state index is 0.255. The Morgan fingerprint density at radius 1 is 0.347 bits per heavy atom. The standard InChI is InChI=1S/C69H100N2O45S2/c1-23-10-12-24(13-11-23)118(97,98)100-22-35-61-45(86)53(94)69(108-35)114-59-33(20-77)104-65(49(90)41(59)82)111-56-30(17-74)105-66(50(91)42(56)83)115-60-34(21-99-37(78)14-70-117(95,96)36-9-5-6-25-26(36)7-4-8-27(25)71(2)3)107-68(52(93)44(60)85)113-58-32(19-76)103-64(48(89)40(58)81)110-55-29(16-73)101-62(46(87)38(55)79)109-54-28(15-72)102-63(47(88)39(54)80)112-57-31(18-75)106-67(116-61)51(92)43(57)84/h4-13,28-35,38-70,72-77,79-94H,14-22H2,1-3H3/t28-,29-,30-,31-,32-,33-,34-,35-,38-,39-,40-,41-,42-,43-,44-,45-,46-,47-,48-,49-,50-,51-,52-,53-,54-,55-,56-,57-,58-,59-,60-,61-,62-,63-,64-,65-,66-,67-,68-,69-/m1/s1. The highest BCUT2D eigenvalue weighted by atomic mass is 32.2. The molecule has 23 N–H and O–H groups in total. The molecule has 0 unspecified atom stereocenters. The Morgan fingerprint density at radius 2 is 0.610 bits per heavy atom. The first-order chi connectivity index (χ1) is 56.0. The van der Waals surface area contributed by atoms with E-state index in [2.05, 4.69) is 4.72 Å². The van der Waals surface area contributed by atoms with Crippen molar-refractivity contribution in [2.45, 2.75) is 262 Å². The van der Waals surface area contributed by atoms with Gasteiger partial charge >= 0.3 is 5.97 Å². The second-order valence-corrected chi connectivity index (χ2v) is 33.0.